The molecule has 1 atom stereocenters. The van der Waals surface area contributed by atoms with E-state index in [1.165, 1.54) is 17.0 Å². The van der Waals surface area contributed by atoms with Crippen LogP contribution in [0.5, 0.6) is 0 Å². The zero-order chi connectivity index (χ0) is 12.8. The molecule has 1 aliphatic rings. The van der Waals surface area contributed by atoms with Crippen LogP contribution in [-0.4, -0.2) is 29.8 Å². The number of aliphatic carboxylic acids is 1. The van der Waals surface area contributed by atoms with Crippen molar-refractivity contribution in [3.05, 3.63) is 23.0 Å². The standard InChI is InChI=1S/C9H7Cl3N2O2S/c1-14-7(5(10)3-13-14)4-2-6(8(15)16)17-9(4,11)12/h2-3,6H,1H3,(H,15,16). The highest BCUT2D eigenvalue weighted by atomic mass is 35.5. The molecule has 0 bridgehead atoms. The topological polar surface area (TPSA) is 55.1 Å². The number of nitrogens with zero attached hydrogens (tertiary/aromatic N) is 2. The molecule has 8 heteroatoms. The van der Waals surface area contributed by atoms with Gasteiger partial charge in [0.2, 0.25) is 0 Å². The number of alkyl halides is 2. The van der Waals surface area contributed by atoms with Crippen molar-refractivity contribution >= 4 is 58.1 Å². The molecule has 1 aliphatic heterocycles. The van der Waals surface area contributed by atoms with E-state index in [-0.39, 0.29) is 0 Å². The molecule has 0 saturated carbocycles. The third kappa shape index (κ3) is 2.29. The summed E-state index contributed by atoms with van der Waals surface area (Å²) in [5.74, 6) is -0.992. The zero-order valence-electron chi connectivity index (χ0n) is 8.52. The number of carbonyl (C=O) groups is 1. The van der Waals surface area contributed by atoms with Gasteiger partial charge in [0.15, 0.2) is 3.67 Å². The average Bonchev–Trinajstić information content (AvgIpc) is 2.68. The molecule has 92 valence electrons. The molecule has 1 aromatic rings. The number of hydrogen-bond acceptors (Lipinski definition) is 3. The lowest BCUT2D eigenvalue weighted by molar-refractivity contribution is -0.135. The summed E-state index contributed by atoms with van der Waals surface area (Å²) >= 11 is 19.1. The van der Waals surface area contributed by atoms with Gasteiger partial charge in [-0.15, -0.1) is 0 Å². The van der Waals surface area contributed by atoms with E-state index in [0.29, 0.717) is 16.3 Å². The van der Waals surface area contributed by atoms with Crippen LogP contribution in [-0.2, 0) is 11.8 Å². The van der Waals surface area contributed by atoms with Crippen LogP contribution in [0, 0.1) is 0 Å². The molecular weight excluding hydrogens is 307 g/mol. The fourth-order valence-electron chi connectivity index (χ4n) is 1.56. The second-order valence-electron chi connectivity index (χ2n) is 3.44. The van der Waals surface area contributed by atoms with Gasteiger partial charge in [-0.05, 0) is 0 Å². The van der Waals surface area contributed by atoms with Gasteiger partial charge in [-0.1, -0.05) is 52.6 Å². The maximum absolute atomic E-state index is 10.9. The maximum Gasteiger partial charge on any atom is 0.320 e. The lowest BCUT2D eigenvalue weighted by Crippen LogP contribution is -2.14. The van der Waals surface area contributed by atoms with E-state index >= 15 is 0 Å². The summed E-state index contributed by atoms with van der Waals surface area (Å²) in [5, 5.41) is 12.5. The normalized spacial score (nSPS) is 22.6. The number of carboxylic acids is 1. The Labute approximate surface area is 117 Å². The third-order valence-electron chi connectivity index (χ3n) is 2.30. The predicted octanol–water partition coefficient (Wildman–Crippen LogP) is 2.79. The van der Waals surface area contributed by atoms with Gasteiger partial charge >= 0.3 is 5.97 Å². The summed E-state index contributed by atoms with van der Waals surface area (Å²) in [6.45, 7) is 0. The Bertz CT molecular complexity index is 493. The monoisotopic (exact) mass is 312 g/mol. The molecular formula is C9H7Cl3N2O2S. The molecule has 0 saturated heterocycles. The van der Waals surface area contributed by atoms with Gasteiger partial charge in [-0.3, -0.25) is 9.48 Å². The van der Waals surface area contributed by atoms with Crippen molar-refractivity contribution in [2.75, 3.05) is 0 Å². The van der Waals surface area contributed by atoms with Crippen LogP contribution in [0.1, 0.15) is 5.69 Å². The molecule has 2 heterocycles. The van der Waals surface area contributed by atoms with Gasteiger partial charge in [0, 0.05) is 12.6 Å². The molecule has 0 spiro atoms. The van der Waals surface area contributed by atoms with Gasteiger partial charge in [-0.25, -0.2) is 0 Å². The molecule has 0 radical (unpaired) electrons. The van der Waals surface area contributed by atoms with E-state index in [4.69, 9.17) is 39.9 Å². The van der Waals surface area contributed by atoms with Crippen LogP contribution in [0.25, 0.3) is 5.57 Å². The van der Waals surface area contributed by atoms with Crippen molar-refractivity contribution in [3.63, 3.8) is 0 Å². The van der Waals surface area contributed by atoms with E-state index in [1.807, 2.05) is 0 Å². The summed E-state index contributed by atoms with van der Waals surface area (Å²) in [7, 11) is 1.69. The highest BCUT2D eigenvalue weighted by Crippen LogP contribution is 2.54. The first-order chi connectivity index (χ1) is 7.83. The number of carboxylic acid groups (broad SMARTS) is 1. The van der Waals surface area contributed by atoms with Crippen molar-refractivity contribution in [2.24, 2.45) is 7.05 Å². The second-order valence-corrected chi connectivity index (χ2v) is 6.98. The average molecular weight is 314 g/mol. The SMILES string of the molecule is Cn1ncc(Cl)c1C1=CC(C(=O)O)SC1(Cl)Cl. The Balaban J connectivity index is 2.50. The Hall–Kier alpha value is -0.360. The van der Waals surface area contributed by atoms with Crippen LogP contribution in [0.2, 0.25) is 5.02 Å². The largest absolute Gasteiger partial charge is 0.480 e. The quantitative estimate of drug-likeness (QED) is 0.853. The molecule has 0 fully saturated rings. The van der Waals surface area contributed by atoms with E-state index in [2.05, 4.69) is 5.10 Å². The summed E-state index contributed by atoms with van der Waals surface area (Å²) < 4.78 is 0.180. The fourth-order valence-corrected chi connectivity index (χ4v) is 3.62. The smallest absolute Gasteiger partial charge is 0.320 e. The number of aromatic nitrogens is 2. The number of hydrogen-bond donors (Lipinski definition) is 1. The number of aryl methyl sites for hydroxylation is 1. The van der Waals surface area contributed by atoms with Crippen LogP contribution in [0.15, 0.2) is 12.3 Å². The van der Waals surface area contributed by atoms with Crippen LogP contribution >= 0.6 is 46.6 Å². The summed E-state index contributed by atoms with van der Waals surface area (Å²) in [5.41, 5.74) is 0.996. The summed E-state index contributed by atoms with van der Waals surface area (Å²) in [4.78, 5) is 10.9. The Morgan fingerprint density at radius 2 is 2.29 bits per heavy atom. The lowest BCUT2D eigenvalue weighted by atomic mass is 10.1. The molecule has 1 aromatic heterocycles. The Morgan fingerprint density at radius 3 is 2.71 bits per heavy atom. The number of rotatable bonds is 2. The highest BCUT2D eigenvalue weighted by molar-refractivity contribution is 8.05. The lowest BCUT2D eigenvalue weighted by Gasteiger charge is -2.17. The zero-order valence-corrected chi connectivity index (χ0v) is 11.6. The van der Waals surface area contributed by atoms with Gasteiger partial charge in [0.25, 0.3) is 0 Å². The second kappa shape index (κ2) is 4.39. The number of halogens is 3. The van der Waals surface area contributed by atoms with Crippen molar-refractivity contribution in [2.45, 2.75) is 8.92 Å². The van der Waals surface area contributed by atoms with Crippen molar-refractivity contribution in [3.8, 4) is 0 Å². The van der Waals surface area contributed by atoms with Crippen molar-refractivity contribution in [1.29, 1.82) is 0 Å². The first-order valence-electron chi connectivity index (χ1n) is 4.51. The molecule has 0 aromatic carbocycles. The van der Waals surface area contributed by atoms with Crippen molar-refractivity contribution in [1.82, 2.24) is 9.78 Å². The fraction of sp³-hybridized carbons (Fsp3) is 0.333. The van der Waals surface area contributed by atoms with Crippen LogP contribution in [0.3, 0.4) is 0 Å². The molecule has 2 rings (SSSR count). The molecule has 1 N–H and O–H groups in total. The third-order valence-corrected chi connectivity index (χ3v) is 4.63. The minimum atomic E-state index is -1.33. The summed E-state index contributed by atoms with van der Waals surface area (Å²) in [6, 6.07) is 0. The summed E-state index contributed by atoms with van der Waals surface area (Å²) in [6.07, 6.45) is 2.95. The Kier molecular flexibility index (Phi) is 3.38. The van der Waals surface area contributed by atoms with Gasteiger partial charge in [-0.2, -0.15) is 5.10 Å². The van der Waals surface area contributed by atoms with E-state index in [1.54, 1.807) is 7.05 Å². The van der Waals surface area contributed by atoms with Gasteiger partial charge in [0.1, 0.15) is 5.25 Å². The minimum Gasteiger partial charge on any atom is -0.480 e. The predicted molar refractivity (Wildman–Crippen MR) is 69.6 cm³/mol. The van der Waals surface area contributed by atoms with Crippen molar-refractivity contribution < 1.29 is 9.90 Å². The molecule has 4 nitrogen and oxygen atoms in total. The minimum absolute atomic E-state index is 0.385. The first-order valence-corrected chi connectivity index (χ1v) is 6.53. The number of thioether (sulfide) groups is 1. The van der Waals surface area contributed by atoms with Gasteiger partial charge < -0.3 is 5.11 Å². The Morgan fingerprint density at radius 1 is 1.65 bits per heavy atom. The van der Waals surface area contributed by atoms with E-state index in [9.17, 15) is 4.79 Å². The van der Waals surface area contributed by atoms with Crippen LogP contribution < -0.4 is 0 Å². The molecule has 17 heavy (non-hydrogen) atoms. The molecule has 0 amide bonds. The maximum atomic E-state index is 10.9. The van der Waals surface area contributed by atoms with E-state index < -0.39 is 14.9 Å². The van der Waals surface area contributed by atoms with Gasteiger partial charge in [0.05, 0.1) is 16.9 Å². The highest BCUT2D eigenvalue weighted by Gasteiger charge is 2.44. The first kappa shape index (κ1) is 13.1. The van der Waals surface area contributed by atoms with Crippen LogP contribution in [0.4, 0.5) is 0 Å². The molecule has 0 aliphatic carbocycles. The molecule has 1 unspecified atom stereocenters. The van der Waals surface area contributed by atoms with E-state index in [0.717, 1.165) is 11.8 Å².